The first-order valence-corrected chi connectivity index (χ1v) is 6.11. The van der Waals surface area contributed by atoms with Gasteiger partial charge in [-0.3, -0.25) is 4.79 Å². The van der Waals surface area contributed by atoms with Gasteiger partial charge in [0.1, 0.15) is 5.56 Å². The second-order valence-corrected chi connectivity index (χ2v) is 4.49. The van der Waals surface area contributed by atoms with E-state index in [-0.39, 0.29) is 5.56 Å². The van der Waals surface area contributed by atoms with Crippen LogP contribution in [-0.2, 0) is 0 Å². The number of carbonyl (C=O) groups is 1. The number of hydrogen-bond donors (Lipinski definition) is 2. The van der Waals surface area contributed by atoms with Gasteiger partial charge >= 0.3 is 5.97 Å². The van der Waals surface area contributed by atoms with Crippen LogP contribution in [0.4, 0.5) is 0 Å². The molecule has 0 unspecified atom stereocenters. The lowest BCUT2D eigenvalue weighted by Crippen LogP contribution is -2.16. The quantitative estimate of drug-likeness (QED) is 0.748. The summed E-state index contributed by atoms with van der Waals surface area (Å²) in [6.07, 6.45) is 0. The van der Waals surface area contributed by atoms with E-state index < -0.39 is 11.5 Å². The maximum Gasteiger partial charge on any atom is 0.341 e. The Morgan fingerprint density at radius 2 is 1.70 bits per heavy atom. The molecular formula is C16H11NO3. The lowest BCUT2D eigenvalue weighted by atomic mass is 10.0. The number of aromatic carboxylic acids is 1. The minimum atomic E-state index is -1.22. The van der Waals surface area contributed by atoms with Crippen LogP contribution in [0, 0.1) is 0 Å². The van der Waals surface area contributed by atoms with Gasteiger partial charge in [-0.2, -0.15) is 0 Å². The zero-order chi connectivity index (χ0) is 14.1. The summed E-state index contributed by atoms with van der Waals surface area (Å²) < 4.78 is 0. The van der Waals surface area contributed by atoms with E-state index in [0.29, 0.717) is 10.9 Å². The molecule has 0 saturated heterocycles. The standard InChI is InChI=1S/C16H11NO3/c18-15-13(16(19)20)8-12-7-6-11(9-14(12)17-15)10-4-2-1-3-5-10/h1-9H,(H,17,18)(H,19,20). The molecule has 0 saturated carbocycles. The fraction of sp³-hybridized carbons (Fsp3) is 0. The summed E-state index contributed by atoms with van der Waals surface area (Å²) in [6.45, 7) is 0. The fourth-order valence-corrected chi connectivity index (χ4v) is 2.17. The first-order chi connectivity index (χ1) is 9.65. The Labute approximate surface area is 114 Å². The highest BCUT2D eigenvalue weighted by Gasteiger charge is 2.10. The van der Waals surface area contributed by atoms with Gasteiger partial charge in [-0.25, -0.2) is 4.79 Å². The normalized spacial score (nSPS) is 10.6. The van der Waals surface area contributed by atoms with Gasteiger partial charge in [-0.1, -0.05) is 42.5 Å². The van der Waals surface area contributed by atoms with Gasteiger partial charge in [0.05, 0.1) is 0 Å². The third-order valence-corrected chi connectivity index (χ3v) is 3.18. The molecule has 1 heterocycles. The first-order valence-electron chi connectivity index (χ1n) is 6.11. The molecule has 0 amide bonds. The van der Waals surface area contributed by atoms with E-state index in [1.807, 2.05) is 42.5 Å². The summed E-state index contributed by atoms with van der Waals surface area (Å²) in [4.78, 5) is 25.2. The van der Waals surface area contributed by atoms with Crippen LogP contribution in [0.25, 0.3) is 22.0 Å². The molecule has 1 aromatic heterocycles. The van der Waals surface area contributed by atoms with Crippen LogP contribution in [-0.4, -0.2) is 16.1 Å². The monoisotopic (exact) mass is 265 g/mol. The lowest BCUT2D eigenvalue weighted by molar-refractivity contribution is 0.0695. The van der Waals surface area contributed by atoms with E-state index in [2.05, 4.69) is 4.98 Å². The summed E-state index contributed by atoms with van der Waals surface area (Å²) in [6, 6.07) is 16.7. The van der Waals surface area contributed by atoms with Gasteiger partial charge in [0.2, 0.25) is 0 Å². The zero-order valence-corrected chi connectivity index (χ0v) is 10.5. The van der Waals surface area contributed by atoms with Crippen molar-refractivity contribution < 1.29 is 9.90 Å². The van der Waals surface area contributed by atoms with E-state index >= 15 is 0 Å². The Bertz CT molecular complexity index is 850. The van der Waals surface area contributed by atoms with Crippen molar-refractivity contribution in [3.8, 4) is 11.1 Å². The SMILES string of the molecule is O=C(O)c1cc2ccc(-c3ccccc3)cc2[nH]c1=O. The summed E-state index contributed by atoms with van der Waals surface area (Å²) in [5, 5.41) is 9.63. The Balaban J connectivity index is 2.20. The van der Waals surface area contributed by atoms with Gasteiger partial charge in [0.25, 0.3) is 5.56 Å². The Morgan fingerprint density at radius 3 is 2.40 bits per heavy atom. The second kappa shape index (κ2) is 4.66. The van der Waals surface area contributed by atoms with Gasteiger partial charge in [-0.15, -0.1) is 0 Å². The van der Waals surface area contributed by atoms with Crippen molar-refractivity contribution >= 4 is 16.9 Å². The van der Waals surface area contributed by atoms with Crippen LogP contribution in [0.1, 0.15) is 10.4 Å². The highest BCUT2D eigenvalue weighted by molar-refractivity contribution is 5.93. The molecule has 20 heavy (non-hydrogen) atoms. The number of pyridine rings is 1. The third-order valence-electron chi connectivity index (χ3n) is 3.18. The molecule has 0 fully saturated rings. The van der Waals surface area contributed by atoms with Crippen LogP contribution < -0.4 is 5.56 Å². The molecule has 98 valence electrons. The van der Waals surface area contributed by atoms with Gasteiger partial charge in [-0.05, 0) is 28.6 Å². The first kappa shape index (κ1) is 12.2. The summed E-state index contributed by atoms with van der Waals surface area (Å²) >= 11 is 0. The zero-order valence-electron chi connectivity index (χ0n) is 10.5. The van der Waals surface area contributed by atoms with Crippen molar-refractivity contribution in [2.24, 2.45) is 0 Å². The molecule has 0 bridgehead atoms. The van der Waals surface area contributed by atoms with Crippen molar-refractivity contribution in [2.75, 3.05) is 0 Å². The smallest absolute Gasteiger partial charge is 0.341 e. The predicted molar refractivity (Wildman–Crippen MR) is 77.0 cm³/mol. The number of rotatable bonds is 2. The molecule has 2 aromatic carbocycles. The molecule has 0 aliphatic rings. The maximum absolute atomic E-state index is 11.7. The van der Waals surface area contributed by atoms with Gasteiger partial charge < -0.3 is 10.1 Å². The summed E-state index contributed by atoms with van der Waals surface area (Å²) in [5.74, 6) is -1.22. The van der Waals surface area contributed by atoms with Crippen LogP contribution >= 0.6 is 0 Å². The number of carboxylic acids is 1. The number of carboxylic acid groups (broad SMARTS) is 1. The van der Waals surface area contributed by atoms with Crippen LogP contribution in [0.2, 0.25) is 0 Å². The van der Waals surface area contributed by atoms with E-state index in [1.165, 1.54) is 6.07 Å². The van der Waals surface area contributed by atoms with Gasteiger partial charge in [0.15, 0.2) is 0 Å². The average molecular weight is 265 g/mol. The number of nitrogens with one attached hydrogen (secondary N) is 1. The van der Waals surface area contributed by atoms with Crippen molar-refractivity contribution in [3.63, 3.8) is 0 Å². The van der Waals surface area contributed by atoms with E-state index in [4.69, 9.17) is 5.11 Å². The van der Waals surface area contributed by atoms with Crippen molar-refractivity contribution in [1.29, 1.82) is 0 Å². The Kier molecular flexibility index (Phi) is 2.84. The maximum atomic E-state index is 11.7. The molecule has 4 heteroatoms. The summed E-state index contributed by atoms with van der Waals surface area (Å²) in [5.41, 5.74) is 1.80. The van der Waals surface area contributed by atoms with E-state index in [9.17, 15) is 9.59 Å². The number of hydrogen-bond acceptors (Lipinski definition) is 2. The van der Waals surface area contributed by atoms with Crippen molar-refractivity contribution in [3.05, 3.63) is 70.5 Å². The van der Waals surface area contributed by atoms with Crippen LogP contribution in [0.15, 0.2) is 59.4 Å². The number of aromatic nitrogens is 1. The van der Waals surface area contributed by atoms with Crippen LogP contribution in [0.5, 0.6) is 0 Å². The van der Waals surface area contributed by atoms with E-state index in [1.54, 1.807) is 6.07 Å². The predicted octanol–water partition coefficient (Wildman–Crippen LogP) is 2.89. The molecule has 0 atom stereocenters. The minimum absolute atomic E-state index is 0.245. The number of H-pyrrole nitrogens is 1. The number of benzene rings is 2. The molecule has 4 nitrogen and oxygen atoms in total. The minimum Gasteiger partial charge on any atom is -0.477 e. The second-order valence-electron chi connectivity index (χ2n) is 4.49. The Morgan fingerprint density at radius 1 is 0.950 bits per heavy atom. The molecule has 2 N–H and O–H groups in total. The Hall–Kier alpha value is -2.88. The van der Waals surface area contributed by atoms with Crippen molar-refractivity contribution in [2.45, 2.75) is 0 Å². The molecule has 0 radical (unpaired) electrons. The highest BCUT2D eigenvalue weighted by Crippen LogP contribution is 2.22. The highest BCUT2D eigenvalue weighted by atomic mass is 16.4. The molecule has 0 spiro atoms. The molecule has 3 rings (SSSR count). The fourth-order valence-electron chi connectivity index (χ4n) is 2.17. The topological polar surface area (TPSA) is 70.2 Å². The molecule has 3 aromatic rings. The molecular weight excluding hydrogens is 254 g/mol. The summed E-state index contributed by atoms with van der Waals surface area (Å²) in [7, 11) is 0. The van der Waals surface area contributed by atoms with E-state index in [0.717, 1.165) is 11.1 Å². The van der Waals surface area contributed by atoms with Crippen molar-refractivity contribution in [1.82, 2.24) is 4.98 Å². The average Bonchev–Trinajstić information content (AvgIpc) is 2.46. The van der Waals surface area contributed by atoms with Crippen LogP contribution in [0.3, 0.4) is 0 Å². The lowest BCUT2D eigenvalue weighted by Gasteiger charge is -2.04. The molecule has 0 aliphatic carbocycles. The number of aromatic amines is 1. The third kappa shape index (κ3) is 2.07. The molecule has 0 aliphatic heterocycles. The number of fused-ring (bicyclic) bond motifs is 1. The van der Waals surface area contributed by atoms with Gasteiger partial charge in [0, 0.05) is 5.52 Å². The largest absolute Gasteiger partial charge is 0.477 e.